The molecular weight excluding hydrogens is 388 g/mol. The number of H-pyrrole nitrogens is 1. The van der Waals surface area contributed by atoms with Crippen molar-refractivity contribution in [3.63, 3.8) is 0 Å². The van der Waals surface area contributed by atoms with E-state index in [1.165, 1.54) is 14.2 Å². The van der Waals surface area contributed by atoms with Crippen molar-refractivity contribution in [2.24, 2.45) is 0 Å². The van der Waals surface area contributed by atoms with Crippen molar-refractivity contribution in [2.45, 2.75) is 26.8 Å². The van der Waals surface area contributed by atoms with E-state index in [2.05, 4.69) is 4.98 Å². The maximum absolute atomic E-state index is 13.3. The molecule has 0 bridgehead atoms. The van der Waals surface area contributed by atoms with Gasteiger partial charge in [0.25, 0.3) is 5.91 Å². The van der Waals surface area contributed by atoms with Gasteiger partial charge in [0.2, 0.25) is 0 Å². The van der Waals surface area contributed by atoms with Crippen LogP contribution in [0.1, 0.15) is 44.1 Å². The van der Waals surface area contributed by atoms with Crippen LogP contribution in [0.3, 0.4) is 0 Å². The highest BCUT2D eigenvalue weighted by atomic mass is 16.6. The summed E-state index contributed by atoms with van der Waals surface area (Å²) in [5, 5.41) is 0. The van der Waals surface area contributed by atoms with E-state index in [0.29, 0.717) is 35.7 Å². The summed E-state index contributed by atoms with van der Waals surface area (Å²) in [5.74, 6) is -1.22. The first-order valence-corrected chi connectivity index (χ1v) is 9.64. The van der Waals surface area contributed by atoms with Gasteiger partial charge in [-0.1, -0.05) is 30.3 Å². The monoisotopic (exact) mass is 416 g/mol. The van der Waals surface area contributed by atoms with Gasteiger partial charge in [0, 0.05) is 25.9 Å². The van der Waals surface area contributed by atoms with Crippen LogP contribution in [0.5, 0.6) is 0 Å². The Kier molecular flexibility index (Phi) is 8.61. The second-order valence-corrected chi connectivity index (χ2v) is 6.79. The molecule has 8 heteroatoms. The Morgan fingerprint density at radius 2 is 1.73 bits per heavy atom. The number of methoxy groups -OCH3 is 2. The van der Waals surface area contributed by atoms with E-state index in [4.69, 9.17) is 14.2 Å². The first kappa shape index (κ1) is 23.2. The quantitative estimate of drug-likeness (QED) is 0.472. The number of hydrogen-bond donors (Lipinski definition) is 1. The molecule has 2 aromatic rings. The lowest BCUT2D eigenvalue weighted by atomic mass is 10.1. The predicted molar refractivity (Wildman–Crippen MR) is 110 cm³/mol. The van der Waals surface area contributed by atoms with Gasteiger partial charge in [-0.15, -0.1) is 0 Å². The number of aryl methyl sites for hydroxylation is 1. The molecule has 0 aliphatic carbocycles. The molecule has 30 heavy (non-hydrogen) atoms. The minimum atomic E-state index is -0.512. The van der Waals surface area contributed by atoms with Gasteiger partial charge in [0.05, 0.1) is 25.7 Å². The van der Waals surface area contributed by atoms with E-state index in [0.717, 1.165) is 5.56 Å². The molecule has 2 rings (SSSR count). The second-order valence-electron chi connectivity index (χ2n) is 6.79. The van der Waals surface area contributed by atoms with Gasteiger partial charge in [-0.2, -0.15) is 0 Å². The van der Waals surface area contributed by atoms with Crippen molar-refractivity contribution in [1.82, 2.24) is 9.88 Å². The molecule has 1 heterocycles. The smallest absolute Gasteiger partial charge is 0.340 e. The van der Waals surface area contributed by atoms with Crippen LogP contribution in [0.15, 0.2) is 30.3 Å². The van der Waals surface area contributed by atoms with Crippen LogP contribution in [0.2, 0.25) is 0 Å². The number of aromatic nitrogens is 1. The zero-order chi connectivity index (χ0) is 22.1. The van der Waals surface area contributed by atoms with Gasteiger partial charge >= 0.3 is 11.9 Å². The van der Waals surface area contributed by atoms with Crippen LogP contribution in [0.4, 0.5) is 0 Å². The Balaban J connectivity index is 2.26. The van der Waals surface area contributed by atoms with Gasteiger partial charge in [-0.3, -0.25) is 9.59 Å². The van der Waals surface area contributed by atoms with E-state index < -0.39 is 11.9 Å². The maximum Gasteiger partial charge on any atom is 0.340 e. The number of hydrogen-bond acceptors (Lipinski definition) is 6. The van der Waals surface area contributed by atoms with Crippen molar-refractivity contribution in [2.75, 3.05) is 34.0 Å². The number of esters is 2. The molecule has 1 aromatic carbocycles. The molecule has 1 amide bonds. The Bertz CT molecular complexity index is 875. The molecular formula is C22H28N2O6. The summed E-state index contributed by atoms with van der Waals surface area (Å²) in [6, 6.07) is 9.48. The van der Waals surface area contributed by atoms with Crippen molar-refractivity contribution >= 4 is 17.8 Å². The molecule has 0 radical (unpaired) electrons. The first-order valence-electron chi connectivity index (χ1n) is 9.64. The minimum Gasteiger partial charge on any atom is -0.469 e. The molecule has 1 N–H and O–H groups in total. The number of aromatic amines is 1. The average molecular weight is 416 g/mol. The van der Waals surface area contributed by atoms with Crippen LogP contribution in [0.25, 0.3) is 0 Å². The molecule has 8 nitrogen and oxygen atoms in total. The molecule has 0 spiro atoms. The highest BCUT2D eigenvalue weighted by Gasteiger charge is 2.26. The number of benzene rings is 1. The van der Waals surface area contributed by atoms with E-state index in [9.17, 15) is 14.4 Å². The first-order chi connectivity index (χ1) is 14.4. The second kappa shape index (κ2) is 11.2. The molecule has 0 fully saturated rings. The molecule has 0 aliphatic heterocycles. The number of rotatable bonds is 10. The fourth-order valence-electron chi connectivity index (χ4n) is 3.10. The van der Waals surface area contributed by atoms with Crippen LogP contribution in [0, 0.1) is 13.8 Å². The number of ether oxygens (including phenoxy) is 3. The van der Waals surface area contributed by atoms with Gasteiger partial charge in [-0.25, -0.2) is 4.79 Å². The largest absolute Gasteiger partial charge is 0.469 e. The lowest BCUT2D eigenvalue weighted by molar-refractivity contribution is -0.140. The number of nitrogens with one attached hydrogen (secondary N) is 1. The molecule has 0 unspecified atom stereocenters. The summed E-state index contributed by atoms with van der Waals surface area (Å²) in [5.41, 5.74) is 2.62. The lowest BCUT2D eigenvalue weighted by Crippen LogP contribution is -2.33. The maximum atomic E-state index is 13.3. The van der Waals surface area contributed by atoms with Crippen LogP contribution < -0.4 is 0 Å². The fraction of sp³-hybridized carbons (Fsp3) is 0.409. The Hall–Kier alpha value is -3.13. The van der Waals surface area contributed by atoms with Gasteiger partial charge in [-0.05, 0) is 25.0 Å². The SMILES string of the molecule is COCCOC(=O)c1c(C)[nH]c(C(=O)N(CCC(=O)OC)Cc2ccccc2)c1C. The summed E-state index contributed by atoms with van der Waals surface area (Å²) in [7, 11) is 2.83. The highest BCUT2D eigenvalue weighted by Crippen LogP contribution is 2.21. The van der Waals surface area contributed by atoms with Crippen LogP contribution in [-0.4, -0.2) is 61.7 Å². The molecule has 0 saturated carbocycles. The Labute approximate surface area is 176 Å². The highest BCUT2D eigenvalue weighted by molar-refractivity contribution is 6.00. The van der Waals surface area contributed by atoms with Crippen molar-refractivity contribution in [3.05, 3.63) is 58.4 Å². The summed E-state index contributed by atoms with van der Waals surface area (Å²) < 4.78 is 14.8. The van der Waals surface area contributed by atoms with Crippen molar-refractivity contribution in [3.8, 4) is 0 Å². The van der Waals surface area contributed by atoms with Gasteiger partial charge in [0.1, 0.15) is 12.3 Å². The number of amides is 1. The summed E-state index contributed by atoms with van der Waals surface area (Å²) in [6.07, 6.45) is 0.0692. The fourth-order valence-corrected chi connectivity index (χ4v) is 3.10. The molecule has 1 aromatic heterocycles. The minimum absolute atomic E-state index is 0.0692. The standard InChI is InChI=1S/C22H28N2O6/c1-15-19(22(27)30-13-12-28-3)16(2)23-20(15)21(26)24(11-10-18(25)29-4)14-17-8-6-5-7-9-17/h5-9,23H,10-14H2,1-4H3. The summed E-state index contributed by atoms with van der Waals surface area (Å²) >= 11 is 0. The lowest BCUT2D eigenvalue weighted by Gasteiger charge is -2.22. The van der Waals surface area contributed by atoms with Crippen LogP contribution >= 0.6 is 0 Å². The third-order valence-electron chi connectivity index (χ3n) is 4.69. The number of carbonyl (C=O) groups is 3. The Morgan fingerprint density at radius 1 is 1.03 bits per heavy atom. The third-order valence-corrected chi connectivity index (χ3v) is 4.69. The third kappa shape index (κ3) is 5.93. The van der Waals surface area contributed by atoms with E-state index in [1.54, 1.807) is 18.7 Å². The van der Waals surface area contributed by atoms with E-state index in [-0.39, 0.29) is 25.5 Å². The zero-order valence-corrected chi connectivity index (χ0v) is 17.8. The zero-order valence-electron chi connectivity index (χ0n) is 17.8. The molecule has 162 valence electrons. The normalized spacial score (nSPS) is 10.5. The number of carbonyl (C=O) groups excluding carboxylic acids is 3. The summed E-state index contributed by atoms with van der Waals surface area (Å²) in [6.45, 7) is 4.34. The van der Waals surface area contributed by atoms with Crippen molar-refractivity contribution < 1.29 is 28.6 Å². The number of nitrogens with zero attached hydrogens (tertiary/aromatic N) is 1. The van der Waals surface area contributed by atoms with E-state index >= 15 is 0 Å². The average Bonchev–Trinajstić information content (AvgIpc) is 3.05. The van der Waals surface area contributed by atoms with Gasteiger partial charge < -0.3 is 24.1 Å². The Morgan fingerprint density at radius 3 is 2.37 bits per heavy atom. The molecule has 0 atom stereocenters. The molecule has 0 saturated heterocycles. The van der Waals surface area contributed by atoms with Gasteiger partial charge in [0.15, 0.2) is 0 Å². The van der Waals surface area contributed by atoms with E-state index in [1.807, 2.05) is 30.3 Å². The topological polar surface area (TPSA) is 97.9 Å². The molecule has 0 aliphatic rings. The van der Waals surface area contributed by atoms with Crippen LogP contribution in [-0.2, 0) is 25.5 Å². The summed E-state index contributed by atoms with van der Waals surface area (Å²) in [4.78, 5) is 41.9. The predicted octanol–water partition coefficient (Wildman–Crippen LogP) is 2.64. The van der Waals surface area contributed by atoms with Crippen molar-refractivity contribution in [1.29, 1.82) is 0 Å².